The zero-order valence-electron chi connectivity index (χ0n) is 27.0. The molecule has 0 bridgehead atoms. The Balaban J connectivity index is 1.38. The van der Waals surface area contributed by atoms with E-state index in [1.54, 1.807) is 25.1 Å². The maximum atomic E-state index is 13.1. The van der Waals surface area contributed by atoms with E-state index in [1.807, 2.05) is 39.0 Å². The lowest BCUT2D eigenvalue weighted by atomic mass is 10.1. The van der Waals surface area contributed by atoms with Crippen LogP contribution >= 0.6 is 23.4 Å². The minimum atomic E-state index is -0.646. The van der Waals surface area contributed by atoms with Gasteiger partial charge in [0.15, 0.2) is 18.1 Å². The van der Waals surface area contributed by atoms with Crippen molar-refractivity contribution in [3.63, 3.8) is 0 Å². The van der Waals surface area contributed by atoms with Crippen molar-refractivity contribution in [2.45, 2.75) is 40.5 Å². The van der Waals surface area contributed by atoms with E-state index in [9.17, 15) is 24.0 Å². The number of hydrogen-bond donors (Lipinski definition) is 2. The molecule has 0 aromatic heterocycles. The van der Waals surface area contributed by atoms with Gasteiger partial charge in [0.2, 0.25) is 5.91 Å². The SMILES string of the molecule is CCCCOC(=O)c1cc(NC(=O)CN2C(=O)S/C(=C/c3ccc(OCC(=O)Nc4ccc(C)c(C)c4)c(OCC)c3)C2=O)ccc1Cl. The Labute approximate surface area is 287 Å². The summed E-state index contributed by atoms with van der Waals surface area (Å²) in [4.78, 5) is 64.5. The van der Waals surface area contributed by atoms with Gasteiger partial charge in [-0.25, -0.2) is 4.79 Å². The molecule has 1 aliphatic rings. The molecule has 3 aromatic rings. The van der Waals surface area contributed by atoms with Crippen LogP contribution in [0, 0.1) is 13.8 Å². The topological polar surface area (TPSA) is 140 Å². The average Bonchev–Trinajstić information content (AvgIpc) is 3.30. The third kappa shape index (κ3) is 9.61. The number of halogens is 1. The van der Waals surface area contributed by atoms with E-state index in [2.05, 4.69) is 10.6 Å². The van der Waals surface area contributed by atoms with E-state index >= 15 is 0 Å². The van der Waals surface area contributed by atoms with Gasteiger partial charge in [-0.05, 0) is 104 Å². The molecule has 0 spiro atoms. The summed E-state index contributed by atoms with van der Waals surface area (Å²) in [5.41, 5.74) is 3.72. The molecule has 1 saturated heterocycles. The van der Waals surface area contributed by atoms with Crippen molar-refractivity contribution in [2.75, 3.05) is 37.0 Å². The van der Waals surface area contributed by atoms with Crippen LogP contribution in [-0.2, 0) is 19.1 Å². The number of carbonyl (C=O) groups is 5. The third-order valence-corrected chi connectivity index (χ3v) is 8.33. The first-order valence-electron chi connectivity index (χ1n) is 15.3. The van der Waals surface area contributed by atoms with Gasteiger partial charge in [0.25, 0.3) is 17.1 Å². The monoisotopic (exact) mass is 693 g/mol. The Bertz CT molecular complexity index is 1760. The zero-order chi connectivity index (χ0) is 34.8. The maximum absolute atomic E-state index is 13.1. The number of nitrogens with zero attached hydrogens (tertiary/aromatic N) is 1. The van der Waals surface area contributed by atoms with Gasteiger partial charge < -0.3 is 24.8 Å². The largest absolute Gasteiger partial charge is 0.490 e. The highest BCUT2D eigenvalue weighted by molar-refractivity contribution is 8.18. The predicted molar refractivity (Wildman–Crippen MR) is 186 cm³/mol. The van der Waals surface area contributed by atoms with E-state index in [0.29, 0.717) is 47.5 Å². The second kappa shape index (κ2) is 16.8. The Kier molecular flexibility index (Phi) is 12.6. The van der Waals surface area contributed by atoms with E-state index in [4.69, 9.17) is 25.8 Å². The molecular weight excluding hydrogens is 658 g/mol. The smallest absolute Gasteiger partial charge is 0.339 e. The van der Waals surface area contributed by atoms with Crippen molar-refractivity contribution >= 4 is 69.7 Å². The van der Waals surface area contributed by atoms with Crippen LogP contribution in [0.3, 0.4) is 0 Å². The van der Waals surface area contributed by atoms with Crippen LogP contribution in [0.1, 0.15) is 53.7 Å². The summed E-state index contributed by atoms with van der Waals surface area (Å²) in [5, 5.41) is 4.95. The first-order valence-corrected chi connectivity index (χ1v) is 16.5. The van der Waals surface area contributed by atoms with Crippen molar-refractivity contribution < 1.29 is 38.2 Å². The van der Waals surface area contributed by atoms with Crippen molar-refractivity contribution in [3.05, 3.63) is 86.8 Å². The first kappa shape index (κ1) is 36.0. The van der Waals surface area contributed by atoms with Crippen LogP contribution < -0.4 is 20.1 Å². The molecule has 0 saturated carbocycles. The molecule has 1 fully saturated rings. The van der Waals surface area contributed by atoms with Crippen LogP contribution in [0.15, 0.2) is 59.5 Å². The number of imide groups is 1. The summed E-state index contributed by atoms with van der Waals surface area (Å²) in [5.74, 6) is -1.57. The molecule has 11 nitrogen and oxygen atoms in total. The standard InChI is InChI=1S/C35H36ClN3O8S/c1-5-7-14-46-34(43)26-18-25(11-12-27(26)36)37-31(40)19-39-33(42)30(48-35(39)44)17-23-9-13-28(29(16-23)45-6-2)47-20-32(41)38-24-10-8-21(3)22(4)15-24/h8-13,15-18H,5-7,14,19-20H2,1-4H3,(H,37,40)(H,38,41)/b30-17+. The molecule has 4 amide bonds. The van der Waals surface area contributed by atoms with Crippen LogP contribution in [-0.4, -0.2) is 60.2 Å². The average molecular weight is 694 g/mol. The van der Waals surface area contributed by atoms with Gasteiger partial charge in [-0.1, -0.05) is 37.1 Å². The van der Waals surface area contributed by atoms with Gasteiger partial charge in [0.05, 0.1) is 28.7 Å². The van der Waals surface area contributed by atoms with E-state index in [-0.39, 0.29) is 40.3 Å². The van der Waals surface area contributed by atoms with Crippen LogP contribution in [0.25, 0.3) is 6.08 Å². The lowest BCUT2D eigenvalue weighted by Gasteiger charge is -2.14. The Morgan fingerprint density at radius 2 is 1.60 bits per heavy atom. The molecule has 13 heteroatoms. The molecule has 0 radical (unpaired) electrons. The van der Waals surface area contributed by atoms with Crippen LogP contribution in [0.5, 0.6) is 11.5 Å². The fraction of sp³-hybridized carbons (Fsp3) is 0.286. The predicted octanol–water partition coefficient (Wildman–Crippen LogP) is 7.00. The molecule has 0 atom stereocenters. The second-order valence-electron chi connectivity index (χ2n) is 10.8. The molecule has 1 aliphatic heterocycles. The summed E-state index contributed by atoms with van der Waals surface area (Å²) in [6, 6.07) is 14.8. The van der Waals surface area contributed by atoms with E-state index in [0.717, 1.165) is 22.4 Å². The van der Waals surface area contributed by atoms with Crippen molar-refractivity contribution in [1.29, 1.82) is 0 Å². The van der Waals surface area contributed by atoms with Gasteiger partial charge in [-0.2, -0.15) is 0 Å². The summed E-state index contributed by atoms with van der Waals surface area (Å²) < 4.78 is 16.6. The number of ether oxygens (including phenoxy) is 3. The quantitative estimate of drug-likeness (QED) is 0.104. The molecule has 3 aromatic carbocycles. The fourth-order valence-electron chi connectivity index (χ4n) is 4.44. The zero-order valence-corrected chi connectivity index (χ0v) is 28.6. The second-order valence-corrected chi connectivity index (χ2v) is 12.2. The number of thioether (sulfide) groups is 1. The van der Waals surface area contributed by atoms with Crippen molar-refractivity contribution in [3.8, 4) is 11.5 Å². The van der Waals surface area contributed by atoms with Crippen molar-refractivity contribution in [1.82, 2.24) is 4.90 Å². The molecular formula is C35H36ClN3O8S. The highest BCUT2D eigenvalue weighted by Gasteiger charge is 2.36. The van der Waals surface area contributed by atoms with Crippen LogP contribution in [0.2, 0.25) is 5.02 Å². The van der Waals surface area contributed by atoms with E-state index < -0.39 is 29.6 Å². The lowest BCUT2D eigenvalue weighted by molar-refractivity contribution is -0.127. The number of unbranched alkanes of at least 4 members (excludes halogenated alkanes) is 1. The highest BCUT2D eigenvalue weighted by atomic mass is 35.5. The third-order valence-electron chi connectivity index (χ3n) is 7.09. The number of esters is 1. The number of benzene rings is 3. The summed E-state index contributed by atoms with van der Waals surface area (Å²) in [7, 11) is 0. The van der Waals surface area contributed by atoms with Gasteiger partial charge in [0.1, 0.15) is 6.54 Å². The molecule has 4 rings (SSSR count). The molecule has 2 N–H and O–H groups in total. The van der Waals surface area contributed by atoms with Gasteiger partial charge in [-0.3, -0.25) is 24.1 Å². The number of rotatable bonds is 14. The summed E-state index contributed by atoms with van der Waals surface area (Å²) >= 11 is 6.85. The van der Waals surface area contributed by atoms with Crippen LogP contribution in [0.4, 0.5) is 16.2 Å². The molecule has 0 unspecified atom stereocenters. The molecule has 252 valence electrons. The van der Waals surface area contributed by atoms with E-state index in [1.165, 1.54) is 24.3 Å². The normalized spacial score (nSPS) is 13.4. The van der Waals surface area contributed by atoms with Gasteiger partial charge >= 0.3 is 5.97 Å². The lowest BCUT2D eigenvalue weighted by Crippen LogP contribution is -2.36. The number of amides is 4. The number of hydrogen-bond acceptors (Lipinski definition) is 9. The van der Waals surface area contributed by atoms with Gasteiger partial charge in [0, 0.05) is 11.4 Å². The minimum absolute atomic E-state index is 0.0862. The first-order chi connectivity index (χ1) is 23.0. The number of aryl methyl sites for hydroxylation is 2. The maximum Gasteiger partial charge on any atom is 0.339 e. The Morgan fingerprint density at radius 3 is 2.33 bits per heavy atom. The Hall–Kier alpha value is -4.81. The molecule has 0 aliphatic carbocycles. The molecule has 1 heterocycles. The summed E-state index contributed by atoms with van der Waals surface area (Å²) in [6.07, 6.45) is 3.07. The van der Waals surface area contributed by atoms with Gasteiger partial charge in [-0.15, -0.1) is 0 Å². The minimum Gasteiger partial charge on any atom is -0.490 e. The fourth-order valence-corrected chi connectivity index (χ4v) is 5.47. The number of anilines is 2. The summed E-state index contributed by atoms with van der Waals surface area (Å²) in [6.45, 7) is 7.48. The molecule has 48 heavy (non-hydrogen) atoms. The highest BCUT2D eigenvalue weighted by Crippen LogP contribution is 2.35. The van der Waals surface area contributed by atoms with Crippen molar-refractivity contribution in [2.24, 2.45) is 0 Å². The number of carbonyl (C=O) groups excluding carboxylic acids is 5. The number of nitrogens with one attached hydrogen (secondary N) is 2. The Morgan fingerprint density at radius 1 is 0.875 bits per heavy atom.